The van der Waals surface area contributed by atoms with Crippen LogP contribution >= 0.6 is 12.6 Å². The molecule has 106 valence electrons. The Morgan fingerprint density at radius 2 is 2.10 bits per heavy atom. The standard InChI is InChI=1S/C15H19N3OS/c1-11-4-5-13-12(8-11)16-14(10-20)18(13)9-15(19)17-6-2-3-7-17/h4-5,8,20H,2-3,6-7,9-10H2,1H3. The molecule has 0 bridgehead atoms. The highest BCUT2D eigenvalue weighted by atomic mass is 32.1. The van der Waals surface area contributed by atoms with Crippen LogP contribution in [0.1, 0.15) is 24.2 Å². The number of rotatable bonds is 3. The third kappa shape index (κ3) is 2.42. The van der Waals surface area contributed by atoms with E-state index < -0.39 is 0 Å². The van der Waals surface area contributed by atoms with Gasteiger partial charge in [0.25, 0.3) is 0 Å². The summed E-state index contributed by atoms with van der Waals surface area (Å²) in [7, 11) is 0. The molecule has 1 aromatic heterocycles. The van der Waals surface area contributed by atoms with Crippen molar-refractivity contribution in [3.05, 3.63) is 29.6 Å². The Bertz CT molecular complexity index is 644. The number of carbonyl (C=O) groups excluding carboxylic acids is 1. The number of nitrogens with zero attached hydrogens (tertiary/aromatic N) is 3. The number of aryl methyl sites for hydroxylation is 1. The van der Waals surface area contributed by atoms with Gasteiger partial charge >= 0.3 is 0 Å². The minimum absolute atomic E-state index is 0.186. The average molecular weight is 289 g/mol. The van der Waals surface area contributed by atoms with Crippen LogP contribution in [0.4, 0.5) is 0 Å². The highest BCUT2D eigenvalue weighted by Gasteiger charge is 2.20. The highest BCUT2D eigenvalue weighted by Crippen LogP contribution is 2.20. The van der Waals surface area contributed by atoms with Gasteiger partial charge in [0.15, 0.2) is 0 Å². The molecule has 4 nitrogen and oxygen atoms in total. The Kier molecular flexibility index (Phi) is 3.70. The van der Waals surface area contributed by atoms with Crippen molar-refractivity contribution < 1.29 is 4.79 Å². The molecule has 0 saturated carbocycles. The van der Waals surface area contributed by atoms with E-state index in [9.17, 15) is 4.79 Å². The molecule has 2 aromatic rings. The van der Waals surface area contributed by atoms with Gasteiger partial charge in [-0.1, -0.05) is 6.07 Å². The molecule has 1 amide bonds. The molecule has 0 aliphatic carbocycles. The van der Waals surface area contributed by atoms with E-state index in [1.165, 1.54) is 5.56 Å². The summed E-state index contributed by atoms with van der Waals surface area (Å²) < 4.78 is 2.00. The SMILES string of the molecule is Cc1ccc2c(c1)nc(CS)n2CC(=O)N1CCCC1. The van der Waals surface area contributed by atoms with E-state index in [1.807, 2.05) is 22.5 Å². The minimum Gasteiger partial charge on any atom is -0.341 e. The number of amides is 1. The number of imidazole rings is 1. The quantitative estimate of drug-likeness (QED) is 0.881. The van der Waals surface area contributed by atoms with Crippen LogP contribution in [0.15, 0.2) is 18.2 Å². The number of benzene rings is 1. The van der Waals surface area contributed by atoms with Crippen molar-refractivity contribution in [3.8, 4) is 0 Å². The first-order valence-electron chi connectivity index (χ1n) is 7.03. The smallest absolute Gasteiger partial charge is 0.242 e. The molecule has 1 aliphatic heterocycles. The van der Waals surface area contributed by atoms with Crippen LogP contribution in [0.25, 0.3) is 11.0 Å². The minimum atomic E-state index is 0.186. The Labute approximate surface area is 124 Å². The van der Waals surface area contributed by atoms with Crippen molar-refractivity contribution in [2.24, 2.45) is 0 Å². The molecule has 1 saturated heterocycles. The first kappa shape index (κ1) is 13.5. The molecule has 0 spiro atoms. The topological polar surface area (TPSA) is 38.1 Å². The van der Waals surface area contributed by atoms with Gasteiger partial charge in [-0.3, -0.25) is 4.79 Å². The third-order valence-corrected chi connectivity index (χ3v) is 4.16. The lowest BCUT2D eigenvalue weighted by molar-refractivity contribution is -0.130. The lowest BCUT2D eigenvalue weighted by Crippen LogP contribution is -2.31. The number of fused-ring (bicyclic) bond motifs is 1. The van der Waals surface area contributed by atoms with Crippen LogP contribution in [-0.4, -0.2) is 33.4 Å². The van der Waals surface area contributed by atoms with Crippen LogP contribution in [-0.2, 0) is 17.1 Å². The van der Waals surface area contributed by atoms with E-state index in [1.54, 1.807) is 0 Å². The van der Waals surface area contributed by atoms with E-state index in [0.29, 0.717) is 12.3 Å². The zero-order valence-corrected chi connectivity index (χ0v) is 12.6. The summed E-state index contributed by atoms with van der Waals surface area (Å²) in [5.41, 5.74) is 3.15. The van der Waals surface area contributed by atoms with Crippen LogP contribution in [0.5, 0.6) is 0 Å². The molecule has 0 radical (unpaired) electrons. The average Bonchev–Trinajstić information content (AvgIpc) is 3.06. The van der Waals surface area contributed by atoms with E-state index in [-0.39, 0.29) is 5.91 Å². The van der Waals surface area contributed by atoms with Gasteiger partial charge in [0.05, 0.1) is 11.0 Å². The van der Waals surface area contributed by atoms with Crippen LogP contribution < -0.4 is 0 Å². The van der Waals surface area contributed by atoms with E-state index in [4.69, 9.17) is 0 Å². The summed E-state index contributed by atoms with van der Waals surface area (Å²) in [6.45, 7) is 4.20. The molecular weight excluding hydrogens is 270 g/mol. The molecule has 0 atom stereocenters. The van der Waals surface area contributed by atoms with Gasteiger partial charge in [-0.05, 0) is 37.5 Å². The second kappa shape index (κ2) is 5.48. The zero-order valence-electron chi connectivity index (χ0n) is 11.7. The van der Waals surface area contributed by atoms with Crippen molar-refractivity contribution in [2.75, 3.05) is 13.1 Å². The second-order valence-electron chi connectivity index (χ2n) is 5.35. The van der Waals surface area contributed by atoms with Crippen molar-refractivity contribution in [1.82, 2.24) is 14.5 Å². The monoisotopic (exact) mass is 289 g/mol. The maximum Gasteiger partial charge on any atom is 0.242 e. The predicted octanol–water partition coefficient (Wildman–Crippen LogP) is 2.40. The lowest BCUT2D eigenvalue weighted by atomic mass is 10.2. The van der Waals surface area contributed by atoms with Crippen LogP contribution in [0.3, 0.4) is 0 Å². The van der Waals surface area contributed by atoms with Gasteiger partial charge in [0.2, 0.25) is 5.91 Å². The summed E-state index contributed by atoms with van der Waals surface area (Å²) in [6.07, 6.45) is 2.24. The molecule has 1 fully saturated rings. The maximum atomic E-state index is 12.3. The molecule has 5 heteroatoms. The summed E-state index contributed by atoms with van der Waals surface area (Å²) in [5, 5.41) is 0. The van der Waals surface area contributed by atoms with Crippen molar-refractivity contribution >= 4 is 29.6 Å². The fourth-order valence-electron chi connectivity index (χ4n) is 2.79. The van der Waals surface area contributed by atoms with Gasteiger partial charge in [0, 0.05) is 18.8 Å². The number of hydrogen-bond donors (Lipinski definition) is 1. The Balaban J connectivity index is 1.94. The fourth-order valence-corrected chi connectivity index (χ4v) is 3.03. The normalized spacial score (nSPS) is 15.2. The predicted molar refractivity (Wildman–Crippen MR) is 83.0 cm³/mol. The Morgan fingerprint density at radius 3 is 2.80 bits per heavy atom. The van der Waals surface area contributed by atoms with E-state index >= 15 is 0 Å². The van der Waals surface area contributed by atoms with E-state index in [2.05, 4.69) is 29.7 Å². The summed E-state index contributed by atoms with van der Waals surface area (Å²) in [6, 6.07) is 6.16. The Morgan fingerprint density at radius 1 is 1.35 bits per heavy atom. The molecule has 0 N–H and O–H groups in total. The number of carbonyl (C=O) groups is 1. The fraction of sp³-hybridized carbons (Fsp3) is 0.467. The first-order chi connectivity index (χ1) is 9.69. The molecule has 1 aliphatic rings. The lowest BCUT2D eigenvalue weighted by Gasteiger charge is -2.16. The highest BCUT2D eigenvalue weighted by molar-refractivity contribution is 7.79. The largest absolute Gasteiger partial charge is 0.341 e. The molecule has 1 aromatic carbocycles. The molecule has 20 heavy (non-hydrogen) atoms. The molecule has 3 rings (SSSR count). The summed E-state index contributed by atoms with van der Waals surface area (Å²) >= 11 is 4.34. The van der Waals surface area contributed by atoms with Gasteiger partial charge < -0.3 is 9.47 Å². The van der Waals surface area contributed by atoms with E-state index in [0.717, 1.165) is 42.8 Å². The summed E-state index contributed by atoms with van der Waals surface area (Å²) in [4.78, 5) is 18.9. The number of aromatic nitrogens is 2. The second-order valence-corrected chi connectivity index (χ2v) is 5.67. The first-order valence-corrected chi connectivity index (χ1v) is 7.66. The van der Waals surface area contributed by atoms with Gasteiger partial charge in [0.1, 0.15) is 12.4 Å². The maximum absolute atomic E-state index is 12.3. The van der Waals surface area contributed by atoms with Crippen molar-refractivity contribution in [2.45, 2.75) is 32.1 Å². The molecule has 2 heterocycles. The van der Waals surface area contributed by atoms with Gasteiger partial charge in [-0.2, -0.15) is 12.6 Å². The van der Waals surface area contributed by atoms with Crippen LogP contribution in [0, 0.1) is 6.92 Å². The zero-order chi connectivity index (χ0) is 14.1. The number of likely N-dealkylation sites (tertiary alicyclic amines) is 1. The van der Waals surface area contributed by atoms with Crippen molar-refractivity contribution in [3.63, 3.8) is 0 Å². The van der Waals surface area contributed by atoms with Crippen molar-refractivity contribution in [1.29, 1.82) is 0 Å². The van der Waals surface area contributed by atoms with Gasteiger partial charge in [-0.25, -0.2) is 4.98 Å². The number of thiol groups is 1. The third-order valence-electron chi connectivity index (χ3n) is 3.88. The number of hydrogen-bond acceptors (Lipinski definition) is 3. The van der Waals surface area contributed by atoms with Gasteiger partial charge in [-0.15, -0.1) is 0 Å². The van der Waals surface area contributed by atoms with Crippen LogP contribution in [0.2, 0.25) is 0 Å². The molecular formula is C15H19N3OS. The summed E-state index contributed by atoms with van der Waals surface area (Å²) in [5.74, 6) is 1.59. The Hall–Kier alpha value is -1.49. The molecule has 0 unspecified atom stereocenters.